The number of fused-ring (bicyclic) bond motifs is 1. The first kappa shape index (κ1) is 6.35. The molecule has 0 saturated heterocycles. The molecular formula is C8H8BrN. The number of nitrogens with zero attached hydrogens (tertiary/aromatic N) is 1. The van der Waals surface area contributed by atoms with Gasteiger partial charge in [0.25, 0.3) is 0 Å². The highest BCUT2D eigenvalue weighted by Crippen LogP contribution is 2.29. The summed E-state index contributed by atoms with van der Waals surface area (Å²) in [6.45, 7) is 0. The van der Waals surface area contributed by atoms with E-state index in [1.165, 1.54) is 17.7 Å². The Labute approximate surface area is 68.7 Å². The zero-order valence-electron chi connectivity index (χ0n) is 5.55. The summed E-state index contributed by atoms with van der Waals surface area (Å²) in [6.07, 6.45) is 8.70. The van der Waals surface area contributed by atoms with Gasteiger partial charge in [-0.05, 0) is 18.4 Å². The van der Waals surface area contributed by atoms with Gasteiger partial charge in [-0.1, -0.05) is 28.1 Å². The highest BCUT2D eigenvalue weighted by molar-refractivity contribution is 9.10. The van der Waals surface area contributed by atoms with Gasteiger partial charge >= 0.3 is 0 Å². The smallest absolute Gasteiger partial charge is 0.0685 e. The van der Waals surface area contributed by atoms with Crippen LogP contribution in [0.3, 0.4) is 0 Å². The maximum absolute atomic E-state index is 4.29. The standard InChI is InChI=1S/C8H8BrN/c9-7-4-6-2-1-3-8(6)10-5-7/h3-5,7H,1-2H2. The van der Waals surface area contributed by atoms with Gasteiger partial charge in [0, 0.05) is 6.21 Å². The molecule has 1 atom stereocenters. The van der Waals surface area contributed by atoms with Crippen LogP contribution in [0.4, 0.5) is 0 Å². The molecule has 0 fully saturated rings. The Kier molecular flexibility index (Phi) is 1.49. The number of alkyl halides is 1. The molecule has 2 aliphatic rings. The van der Waals surface area contributed by atoms with Crippen molar-refractivity contribution < 1.29 is 0 Å². The van der Waals surface area contributed by atoms with E-state index in [2.05, 4.69) is 33.1 Å². The third kappa shape index (κ3) is 0.966. The molecule has 0 N–H and O–H groups in total. The summed E-state index contributed by atoms with van der Waals surface area (Å²) in [7, 11) is 0. The van der Waals surface area contributed by atoms with Gasteiger partial charge in [0.2, 0.25) is 0 Å². The Morgan fingerprint density at radius 2 is 2.50 bits per heavy atom. The fourth-order valence-electron chi connectivity index (χ4n) is 1.31. The van der Waals surface area contributed by atoms with Gasteiger partial charge in [0.05, 0.1) is 10.5 Å². The van der Waals surface area contributed by atoms with Crippen LogP contribution in [0, 0.1) is 0 Å². The minimum absolute atomic E-state index is 0.359. The van der Waals surface area contributed by atoms with Crippen LogP contribution in [0.5, 0.6) is 0 Å². The molecule has 2 rings (SSSR count). The number of halogens is 1. The summed E-state index contributed by atoms with van der Waals surface area (Å²) in [5, 5.41) is 0. The zero-order chi connectivity index (χ0) is 6.97. The van der Waals surface area contributed by atoms with E-state index in [0.29, 0.717) is 4.83 Å². The van der Waals surface area contributed by atoms with E-state index in [4.69, 9.17) is 0 Å². The predicted molar refractivity (Wildman–Crippen MR) is 46.6 cm³/mol. The van der Waals surface area contributed by atoms with Gasteiger partial charge in [0.15, 0.2) is 0 Å². The third-order valence-electron chi connectivity index (χ3n) is 1.80. The molecule has 0 spiro atoms. The molecule has 0 radical (unpaired) electrons. The van der Waals surface area contributed by atoms with Crippen LogP contribution in [0.15, 0.2) is 28.4 Å². The molecule has 1 nitrogen and oxygen atoms in total. The van der Waals surface area contributed by atoms with Crippen LogP contribution in [-0.4, -0.2) is 11.0 Å². The molecule has 1 aliphatic heterocycles. The topological polar surface area (TPSA) is 12.4 Å². The van der Waals surface area contributed by atoms with Gasteiger partial charge < -0.3 is 0 Å². The van der Waals surface area contributed by atoms with Crippen molar-refractivity contribution >= 4 is 22.1 Å². The first-order valence-corrected chi connectivity index (χ1v) is 4.37. The molecule has 1 unspecified atom stereocenters. The average molecular weight is 198 g/mol. The molecule has 0 saturated carbocycles. The molecule has 0 aromatic carbocycles. The Hall–Kier alpha value is -0.370. The Balaban J connectivity index is 2.34. The number of rotatable bonds is 0. The highest BCUT2D eigenvalue weighted by atomic mass is 79.9. The molecule has 10 heavy (non-hydrogen) atoms. The molecule has 52 valence electrons. The van der Waals surface area contributed by atoms with E-state index in [9.17, 15) is 0 Å². The molecule has 0 aromatic rings. The van der Waals surface area contributed by atoms with Gasteiger partial charge in [-0.15, -0.1) is 0 Å². The van der Waals surface area contributed by atoms with Crippen molar-refractivity contribution in [3.05, 3.63) is 23.4 Å². The van der Waals surface area contributed by atoms with Crippen LogP contribution >= 0.6 is 15.9 Å². The van der Waals surface area contributed by atoms with E-state index >= 15 is 0 Å². The lowest BCUT2D eigenvalue weighted by atomic mass is 10.1. The quantitative estimate of drug-likeness (QED) is 0.530. The second-order valence-corrected chi connectivity index (χ2v) is 3.60. The molecular weight excluding hydrogens is 190 g/mol. The first-order valence-electron chi connectivity index (χ1n) is 3.46. The Bertz CT molecular complexity index is 238. The number of hydrogen-bond acceptors (Lipinski definition) is 1. The predicted octanol–water partition coefficient (Wildman–Crippen LogP) is 2.44. The van der Waals surface area contributed by atoms with Gasteiger partial charge in [-0.25, -0.2) is 0 Å². The highest BCUT2D eigenvalue weighted by Gasteiger charge is 2.14. The van der Waals surface area contributed by atoms with E-state index in [-0.39, 0.29) is 0 Å². The van der Waals surface area contributed by atoms with Crippen LogP contribution in [0.2, 0.25) is 0 Å². The fourth-order valence-corrected chi connectivity index (χ4v) is 1.75. The van der Waals surface area contributed by atoms with E-state index in [1.54, 1.807) is 0 Å². The minimum atomic E-state index is 0.359. The molecule has 0 amide bonds. The summed E-state index contributed by atoms with van der Waals surface area (Å²) in [4.78, 5) is 4.65. The fraction of sp³-hybridized carbons (Fsp3) is 0.375. The normalized spacial score (nSPS) is 29.5. The third-order valence-corrected chi connectivity index (χ3v) is 2.30. The van der Waals surface area contributed by atoms with Crippen LogP contribution in [0.25, 0.3) is 0 Å². The van der Waals surface area contributed by atoms with Gasteiger partial charge in [-0.2, -0.15) is 0 Å². The van der Waals surface area contributed by atoms with Crippen LogP contribution in [0.1, 0.15) is 12.8 Å². The van der Waals surface area contributed by atoms with Crippen LogP contribution < -0.4 is 0 Å². The van der Waals surface area contributed by atoms with E-state index < -0.39 is 0 Å². The average Bonchev–Trinajstić information content (AvgIpc) is 2.33. The lowest BCUT2D eigenvalue weighted by molar-refractivity contribution is 1.04. The van der Waals surface area contributed by atoms with Gasteiger partial charge in [0.1, 0.15) is 0 Å². The van der Waals surface area contributed by atoms with Crippen molar-refractivity contribution in [2.45, 2.75) is 17.7 Å². The largest absolute Gasteiger partial charge is 0.260 e. The maximum Gasteiger partial charge on any atom is 0.0685 e. The first-order chi connectivity index (χ1) is 4.86. The number of aliphatic imine (C=N–C) groups is 1. The molecule has 2 heteroatoms. The van der Waals surface area contributed by atoms with Crippen molar-refractivity contribution in [2.75, 3.05) is 0 Å². The summed E-state index contributed by atoms with van der Waals surface area (Å²) < 4.78 is 0. The monoisotopic (exact) mass is 197 g/mol. The second kappa shape index (κ2) is 2.35. The Morgan fingerprint density at radius 1 is 1.60 bits per heavy atom. The lowest BCUT2D eigenvalue weighted by Gasteiger charge is -2.07. The summed E-state index contributed by atoms with van der Waals surface area (Å²) in [6, 6.07) is 0. The van der Waals surface area contributed by atoms with Crippen molar-refractivity contribution in [3.8, 4) is 0 Å². The van der Waals surface area contributed by atoms with Crippen molar-refractivity contribution in [1.82, 2.24) is 0 Å². The SMILES string of the molecule is BrC1C=NC2=CCCC2=C1. The summed E-state index contributed by atoms with van der Waals surface area (Å²) in [5.41, 5.74) is 2.60. The van der Waals surface area contributed by atoms with E-state index in [1.807, 2.05) is 6.21 Å². The molecule has 1 heterocycles. The van der Waals surface area contributed by atoms with Crippen molar-refractivity contribution in [2.24, 2.45) is 4.99 Å². The minimum Gasteiger partial charge on any atom is -0.260 e. The van der Waals surface area contributed by atoms with Crippen LogP contribution in [-0.2, 0) is 0 Å². The molecule has 0 aromatic heterocycles. The number of allylic oxidation sites excluding steroid dienone is 3. The number of hydrogen-bond donors (Lipinski definition) is 0. The molecule has 0 bridgehead atoms. The second-order valence-electron chi connectivity index (χ2n) is 2.54. The van der Waals surface area contributed by atoms with Gasteiger partial charge in [-0.3, -0.25) is 4.99 Å². The summed E-state index contributed by atoms with van der Waals surface area (Å²) >= 11 is 3.47. The lowest BCUT2D eigenvalue weighted by Crippen LogP contribution is -2.01. The molecule has 1 aliphatic carbocycles. The summed E-state index contributed by atoms with van der Waals surface area (Å²) in [5.74, 6) is 0. The van der Waals surface area contributed by atoms with Crippen molar-refractivity contribution in [3.63, 3.8) is 0 Å². The Morgan fingerprint density at radius 3 is 3.40 bits per heavy atom. The maximum atomic E-state index is 4.29. The van der Waals surface area contributed by atoms with E-state index in [0.717, 1.165) is 6.42 Å². The van der Waals surface area contributed by atoms with Crippen molar-refractivity contribution in [1.29, 1.82) is 0 Å². The zero-order valence-corrected chi connectivity index (χ0v) is 7.13. The number of dihydropyridines is 1.